The number of nitrogens with zero attached hydrogens (tertiary/aromatic N) is 3. The molecular weight excluding hydrogens is 506 g/mol. The summed E-state index contributed by atoms with van der Waals surface area (Å²) in [7, 11) is 3.71. The van der Waals surface area contributed by atoms with Gasteiger partial charge in [-0.05, 0) is 87.0 Å². The first kappa shape index (κ1) is 27.8. The number of hydrogen-bond acceptors (Lipinski definition) is 7. The standard InChI is InChI=1S/C28H37N3O4S2/c1-30-13-3-5-26(30)36-16-4-14-31-15-11-20(21(19-31)17-27(32)33)6-9-28(34)37-25-10-12-29-24-8-7-22(35-2)18-23(24)25/h3,5,7-8,10,12-13,18,20-21,28,34H,4,6,9,11,14-17,19H2,1-2H3,(H,32,33)/t20-,21+,28?/m1/s1. The van der Waals surface area contributed by atoms with E-state index in [1.54, 1.807) is 13.3 Å². The summed E-state index contributed by atoms with van der Waals surface area (Å²) in [5, 5.41) is 22.6. The molecule has 3 aromatic rings. The van der Waals surface area contributed by atoms with Gasteiger partial charge in [0, 0.05) is 48.4 Å². The molecule has 0 amide bonds. The number of likely N-dealkylation sites (tertiary alicyclic amines) is 1. The zero-order valence-electron chi connectivity index (χ0n) is 21.6. The molecule has 1 fully saturated rings. The van der Waals surface area contributed by atoms with Crippen molar-refractivity contribution in [1.29, 1.82) is 0 Å². The number of hydrogen-bond donors (Lipinski definition) is 2. The minimum absolute atomic E-state index is 0.120. The van der Waals surface area contributed by atoms with Crippen molar-refractivity contribution >= 4 is 40.4 Å². The Morgan fingerprint density at radius 3 is 2.89 bits per heavy atom. The number of methoxy groups -OCH3 is 1. The predicted molar refractivity (Wildman–Crippen MR) is 150 cm³/mol. The monoisotopic (exact) mass is 543 g/mol. The normalized spacial score (nSPS) is 19.2. The lowest BCUT2D eigenvalue weighted by atomic mass is 9.80. The molecule has 3 atom stereocenters. The molecule has 2 N–H and O–H groups in total. The largest absolute Gasteiger partial charge is 0.497 e. The number of benzene rings is 1. The molecule has 1 aromatic carbocycles. The second kappa shape index (κ2) is 13.6. The van der Waals surface area contributed by atoms with Crippen molar-refractivity contribution < 1.29 is 19.7 Å². The number of thioether (sulfide) groups is 2. The van der Waals surface area contributed by atoms with Crippen molar-refractivity contribution in [3.63, 3.8) is 0 Å². The third kappa shape index (κ3) is 7.89. The lowest BCUT2D eigenvalue weighted by Crippen LogP contribution is -2.42. The predicted octanol–water partition coefficient (Wildman–Crippen LogP) is 5.37. The van der Waals surface area contributed by atoms with E-state index in [0.717, 1.165) is 66.2 Å². The Hall–Kier alpha value is -2.20. The van der Waals surface area contributed by atoms with Crippen LogP contribution in [0.5, 0.6) is 5.75 Å². The molecule has 3 heterocycles. The maximum atomic E-state index is 11.6. The van der Waals surface area contributed by atoms with E-state index in [4.69, 9.17) is 4.74 Å². The van der Waals surface area contributed by atoms with Gasteiger partial charge in [0.15, 0.2) is 0 Å². The zero-order valence-corrected chi connectivity index (χ0v) is 23.2. The molecule has 0 spiro atoms. The molecule has 7 nitrogen and oxygen atoms in total. The summed E-state index contributed by atoms with van der Waals surface area (Å²) in [5.41, 5.74) is 0.309. The third-order valence-corrected chi connectivity index (χ3v) is 9.46. The molecule has 0 bridgehead atoms. The van der Waals surface area contributed by atoms with E-state index < -0.39 is 11.4 Å². The first-order valence-electron chi connectivity index (χ1n) is 12.9. The highest BCUT2D eigenvalue weighted by Crippen LogP contribution is 2.36. The fraction of sp³-hybridized carbons (Fsp3) is 0.500. The van der Waals surface area contributed by atoms with Gasteiger partial charge in [-0.2, -0.15) is 0 Å². The van der Waals surface area contributed by atoms with E-state index in [9.17, 15) is 15.0 Å². The average molecular weight is 544 g/mol. The van der Waals surface area contributed by atoms with Crippen LogP contribution >= 0.6 is 23.5 Å². The van der Waals surface area contributed by atoms with Crippen LogP contribution in [0, 0.1) is 11.8 Å². The molecule has 0 aliphatic carbocycles. The lowest BCUT2D eigenvalue weighted by molar-refractivity contribution is -0.139. The molecule has 9 heteroatoms. The minimum atomic E-state index is -0.733. The van der Waals surface area contributed by atoms with E-state index in [1.807, 2.05) is 36.0 Å². The van der Waals surface area contributed by atoms with Crippen molar-refractivity contribution in [3.8, 4) is 5.75 Å². The van der Waals surface area contributed by atoms with E-state index in [1.165, 1.54) is 16.8 Å². The molecule has 200 valence electrons. The number of carbonyl (C=O) groups is 1. The number of rotatable bonds is 13. The van der Waals surface area contributed by atoms with Crippen LogP contribution in [0.15, 0.2) is 58.7 Å². The van der Waals surface area contributed by atoms with Crippen LogP contribution in [0.1, 0.15) is 32.1 Å². The first-order valence-corrected chi connectivity index (χ1v) is 14.7. The van der Waals surface area contributed by atoms with Crippen LogP contribution in [0.25, 0.3) is 10.9 Å². The van der Waals surface area contributed by atoms with Crippen LogP contribution in [0.2, 0.25) is 0 Å². The SMILES string of the molecule is COc1ccc2nccc(SC(O)CC[C@@H]3CCN(CCCSc4cccn4C)C[C@@H]3CC(=O)O)c2c1. The van der Waals surface area contributed by atoms with Crippen LogP contribution in [-0.2, 0) is 11.8 Å². The topological polar surface area (TPSA) is 87.8 Å². The molecule has 0 saturated carbocycles. The Bertz CT molecular complexity index is 1170. The fourth-order valence-electron chi connectivity index (χ4n) is 5.15. The second-order valence-electron chi connectivity index (χ2n) is 9.71. The molecule has 4 rings (SSSR count). The summed E-state index contributed by atoms with van der Waals surface area (Å²) in [6, 6.07) is 11.9. The number of pyridine rings is 1. The van der Waals surface area contributed by atoms with Gasteiger partial charge < -0.3 is 24.4 Å². The highest BCUT2D eigenvalue weighted by Gasteiger charge is 2.31. The fourth-order valence-corrected chi connectivity index (χ4v) is 7.05. The first-order chi connectivity index (χ1) is 17.9. The van der Waals surface area contributed by atoms with Gasteiger partial charge in [0.1, 0.15) is 11.2 Å². The van der Waals surface area contributed by atoms with Crippen LogP contribution in [-0.4, -0.2) is 68.6 Å². The number of piperidine rings is 1. The summed E-state index contributed by atoms with van der Waals surface area (Å²) in [4.78, 5) is 19.4. The Kier molecular flexibility index (Phi) is 10.2. The number of carboxylic acids is 1. The molecule has 1 unspecified atom stereocenters. The van der Waals surface area contributed by atoms with E-state index in [2.05, 4.69) is 39.8 Å². The quantitative estimate of drug-likeness (QED) is 0.169. The van der Waals surface area contributed by atoms with Gasteiger partial charge in [-0.15, -0.1) is 11.8 Å². The van der Waals surface area contributed by atoms with Gasteiger partial charge in [0.05, 0.1) is 17.7 Å². The van der Waals surface area contributed by atoms with E-state index in [-0.39, 0.29) is 12.3 Å². The summed E-state index contributed by atoms with van der Waals surface area (Å²) in [6.07, 6.45) is 7.55. The van der Waals surface area contributed by atoms with Crippen LogP contribution < -0.4 is 4.74 Å². The van der Waals surface area contributed by atoms with Gasteiger partial charge in [-0.25, -0.2) is 0 Å². The van der Waals surface area contributed by atoms with Gasteiger partial charge in [0.25, 0.3) is 0 Å². The number of aromatic nitrogens is 2. The Morgan fingerprint density at radius 2 is 2.14 bits per heavy atom. The molecule has 2 aromatic heterocycles. The number of ether oxygens (including phenoxy) is 1. The van der Waals surface area contributed by atoms with Crippen molar-refractivity contribution in [3.05, 3.63) is 48.8 Å². The zero-order chi connectivity index (χ0) is 26.2. The van der Waals surface area contributed by atoms with Gasteiger partial charge in [-0.1, -0.05) is 11.8 Å². The minimum Gasteiger partial charge on any atom is -0.497 e. The second-order valence-corrected chi connectivity index (χ2v) is 12.0. The third-order valence-electron chi connectivity index (χ3n) is 7.13. The number of aliphatic carboxylic acids is 1. The highest BCUT2D eigenvalue weighted by atomic mass is 32.2. The van der Waals surface area contributed by atoms with E-state index >= 15 is 0 Å². The van der Waals surface area contributed by atoms with Gasteiger partial charge in [0.2, 0.25) is 0 Å². The molecule has 1 aliphatic rings. The number of aliphatic hydroxyl groups excluding tert-OH is 1. The van der Waals surface area contributed by atoms with Crippen LogP contribution in [0.3, 0.4) is 0 Å². The Morgan fingerprint density at radius 1 is 1.27 bits per heavy atom. The molecule has 1 saturated heterocycles. The highest BCUT2D eigenvalue weighted by molar-refractivity contribution is 8.00. The number of aliphatic hydroxyl groups is 1. The Labute approximate surface area is 227 Å². The maximum Gasteiger partial charge on any atom is 0.303 e. The Balaban J connectivity index is 1.27. The average Bonchev–Trinajstić information content (AvgIpc) is 3.30. The summed E-state index contributed by atoms with van der Waals surface area (Å²) < 4.78 is 7.50. The van der Waals surface area contributed by atoms with Crippen LogP contribution in [0.4, 0.5) is 0 Å². The smallest absolute Gasteiger partial charge is 0.303 e. The summed E-state index contributed by atoms with van der Waals surface area (Å²) in [5.74, 6) is 1.52. The molecule has 37 heavy (non-hydrogen) atoms. The van der Waals surface area contributed by atoms with Crippen molar-refractivity contribution in [2.75, 3.05) is 32.5 Å². The molecule has 0 radical (unpaired) electrons. The maximum absolute atomic E-state index is 11.6. The molecule has 1 aliphatic heterocycles. The van der Waals surface area contributed by atoms with Crippen molar-refractivity contribution in [2.24, 2.45) is 18.9 Å². The number of aryl methyl sites for hydroxylation is 1. The van der Waals surface area contributed by atoms with Gasteiger partial charge in [-0.3, -0.25) is 9.78 Å². The lowest BCUT2D eigenvalue weighted by Gasteiger charge is -2.38. The van der Waals surface area contributed by atoms with Crippen molar-refractivity contribution in [1.82, 2.24) is 14.5 Å². The summed E-state index contributed by atoms with van der Waals surface area (Å²) in [6.45, 7) is 2.81. The van der Waals surface area contributed by atoms with E-state index in [0.29, 0.717) is 12.3 Å². The molecular formula is C28H37N3O4S2. The number of fused-ring (bicyclic) bond motifs is 1. The van der Waals surface area contributed by atoms with Gasteiger partial charge >= 0.3 is 5.97 Å². The van der Waals surface area contributed by atoms with Crippen molar-refractivity contribution in [2.45, 2.75) is 47.5 Å². The number of carboxylic acid groups (broad SMARTS) is 1. The summed E-state index contributed by atoms with van der Waals surface area (Å²) >= 11 is 3.31.